The van der Waals surface area contributed by atoms with Crippen LogP contribution in [0.5, 0.6) is 0 Å². The summed E-state index contributed by atoms with van der Waals surface area (Å²) in [6, 6.07) is 3.67. The minimum atomic E-state index is -0.961. The van der Waals surface area contributed by atoms with Gasteiger partial charge in [-0.2, -0.15) is 5.10 Å². The Morgan fingerprint density at radius 2 is 2.33 bits per heavy atom. The van der Waals surface area contributed by atoms with Crippen LogP contribution < -0.4 is 10.2 Å². The number of β-amino-alcohol motifs (C(OH)–C–C–N with tert-alkyl or cyclic N) is 1. The maximum atomic E-state index is 12.0. The van der Waals surface area contributed by atoms with Gasteiger partial charge in [-0.25, -0.2) is 9.97 Å². The molecule has 1 fully saturated rings. The minimum Gasteiger partial charge on any atom is -0.386 e. The molecular weight excluding hydrogens is 308 g/mol. The molecular formula is C16H22N6O2. The van der Waals surface area contributed by atoms with Crippen LogP contribution in [0.15, 0.2) is 30.9 Å². The van der Waals surface area contributed by atoms with E-state index >= 15 is 0 Å². The van der Waals surface area contributed by atoms with E-state index in [1.807, 2.05) is 17.9 Å². The molecule has 0 aliphatic carbocycles. The van der Waals surface area contributed by atoms with Crippen molar-refractivity contribution < 1.29 is 9.90 Å². The third kappa shape index (κ3) is 4.08. The van der Waals surface area contributed by atoms with Gasteiger partial charge in [-0.05, 0) is 25.8 Å². The summed E-state index contributed by atoms with van der Waals surface area (Å²) in [5, 5.41) is 17.6. The quantitative estimate of drug-likeness (QED) is 0.809. The van der Waals surface area contributed by atoms with E-state index in [0.29, 0.717) is 13.0 Å². The van der Waals surface area contributed by atoms with Gasteiger partial charge in [0, 0.05) is 43.8 Å². The van der Waals surface area contributed by atoms with E-state index in [-0.39, 0.29) is 19.0 Å². The van der Waals surface area contributed by atoms with Gasteiger partial charge in [0.25, 0.3) is 0 Å². The number of aromatic nitrogens is 4. The highest BCUT2D eigenvalue weighted by Crippen LogP contribution is 2.24. The average molecular weight is 330 g/mol. The Balaban J connectivity index is 1.57. The molecule has 0 saturated carbocycles. The number of nitrogens with zero attached hydrogens (tertiary/aromatic N) is 5. The van der Waals surface area contributed by atoms with Gasteiger partial charge < -0.3 is 15.3 Å². The van der Waals surface area contributed by atoms with Crippen molar-refractivity contribution in [1.82, 2.24) is 25.1 Å². The van der Waals surface area contributed by atoms with Crippen LogP contribution in [0.25, 0.3) is 0 Å². The van der Waals surface area contributed by atoms with Crippen molar-refractivity contribution in [2.45, 2.75) is 31.9 Å². The van der Waals surface area contributed by atoms with E-state index in [9.17, 15) is 9.90 Å². The van der Waals surface area contributed by atoms with E-state index in [2.05, 4.69) is 20.4 Å². The predicted molar refractivity (Wildman–Crippen MR) is 88.4 cm³/mol. The fourth-order valence-electron chi connectivity index (χ4n) is 2.93. The molecule has 24 heavy (non-hydrogen) atoms. The van der Waals surface area contributed by atoms with Crippen LogP contribution in [0.2, 0.25) is 0 Å². The summed E-state index contributed by atoms with van der Waals surface area (Å²) in [5.41, 5.74) is -0.0710. The molecule has 8 heteroatoms. The molecule has 3 heterocycles. The summed E-state index contributed by atoms with van der Waals surface area (Å²) in [5.74, 6) is 0.644. The van der Waals surface area contributed by atoms with Crippen molar-refractivity contribution in [3.05, 3.63) is 36.5 Å². The lowest BCUT2D eigenvalue weighted by molar-refractivity contribution is -0.123. The average Bonchev–Trinajstić information content (AvgIpc) is 3.06. The number of rotatable bonds is 5. The summed E-state index contributed by atoms with van der Waals surface area (Å²) >= 11 is 0. The topological polar surface area (TPSA) is 96.2 Å². The summed E-state index contributed by atoms with van der Waals surface area (Å²) in [4.78, 5) is 22.4. The highest BCUT2D eigenvalue weighted by molar-refractivity contribution is 5.75. The number of hydrogen-bond donors (Lipinski definition) is 2. The van der Waals surface area contributed by atoms with Crippen molar-refractivity contribution in [1.29, 1.82) is 0 Å². The van der Waals surface area contributed by atoms with Crippen molar-refractivity contribution >= 4 is 11.7 Å². The zero-order valence-corrected chi connectivity index (χ0v) is 13.7. The van der Waals surface area contributed by atoms with Crippen LogP contribution >= 0.6 is 0 Å². The van der Waals surface area contributed by atoms with Crippen molar-refractivity contribution in [3.8, 4) is 0 Å². The fraction of sp³-hybridized carbons (Fsp3) is 0.500. The second kappa shape index (κ2) is 6.96. The van der Waals surface area contributed by atoms with Gasteiger partial charge in [-0.15, -0.1) is 0 Å². The molecule has 1 atom stereocenters. The number of aryl methyl sites for hydroxylation is 1. The second-order valence-corrected chi connectivity index (χ2v) is 6.25. The Morgan fingerprint density at radius 1 is 1.46 bits per heavy atom. The molecule has 0 bridgehead atoms. The van der Waals surface area contributed by atoms with E-state index in [1.165, 1.54) is 6.33 Å². The molecule has 2 N–H and O–H groups in total. The van der Waals surface area contributed by atoms with Crippen LogP contribution in [-0.4, -0.2) is 56.0 Å². The molecule has 1 saturated heterocycles. The number of nitrogens with one attached hydrogen (secondary N) is 1. The van der Waals surface area contributed by atoms with Crippen LogP contribution in [0, 0.1) is 6.92 Å². The first-order chi connectivity index (χ1) is 11.5. The first-order valence-corrected chi connectivity index (χ1v) is 8.04. The van der Waals surface area contributed by atoms with Crippen molar-refractivity contribution in [2.24, 2.45) is 0 Å². The third-order valence-electron chi connectivity index (χ3n) is 4.15. The Morgan fingerprint density at radius 3 is 3.08 bits per heavy atom. The number of aliphatic hydroxyl groups is 1. The number of carbonyl (C=O) groups is 1. The van der Waals surface area contributed by atoms with Gasteiger partial charge in [0.2, 0.25) is 5.91 Å². The molecule has 2 aromatic rings. The molecule has 128 valence electrons. The Hall–Kier alpha value is -2.48. The number of hydrogen-bond acceptors (Lipinski definition) is 6. The number of anilines is 1. The number of amides is 1. The predicted octanol–water partition coefficient (Wildman–Crippen LogP) is 0.129. The molecule has 0 spiro atoms. The molecule has 0 radical (unpaired) electrons. The van der Waals surface area contributed by atoms with Gasteiger partial charge >= 0.3 is 0 Å². The molecule has 1 amide bonds. The van der Waals surface area contributed by atoms with Gasteiger partial charge in [0.1, 0.15) is 18.7 Å². The smallest absolute Gasteiger partial charge is 0.241 e. The zero-order chi connectivity index (χ0) is 17.0. The van der Waals surface area contributed by atoms with Gasteiger partial charge in [0.15, 0.2) is 0 Å². The van der Waals surface area contributed by atoms with Gasteiger partial charge in [-0.1, -0.05) is 0 Å². The van der Waals surface area contributed by atoms with Crippen LogP contribution in [0.4, 0.5) is 5.82 Å². The Kier molecular flexibility index (Phi) is 4.75. The highest BCUT2D eigenvalue weighted by atomic mass is 16.3. The standard InChI is InChI=1S/C16H22N6O2/c1-13-8-14(19-12-18-13)21-6-2-4-16(24,11-21)10-17-15(23)9-22-7-3-5-20-22/h3,5,7-8,12,24H,2,4,6,9-11H2,1H3,(H,17,23)/t16-/m1/s1. The van der Waals surface area contributed by atoms with Crippen LogP contribution in [0.1, 0.15) is 18.5 Å². The molecule has 2 aromatic heterocycles. The molecule has 0 aromatic carbocycles. The summed E-state index contributed by atoms with van der Waals surface area (Å²) in [7, 11) is 0. The molecule has 3 rings (SSSR count). The van der Waals surface area contributed by atoms with Crippen molar-refractivity contribution in [3.63, 3.8) is 0 Å². The monoisotopic (exact) mass is 330 g/mol. The Labute approximate surface area is 140 Å². The number of carbonyl (C=O) groups excluding carboxylic acids is 1. The normalized spacial score (nSPS) is 20.8. The van der Waals surface area contributed by atoms with Gasteiger partial charge in [0.05, 0.1) is 5.60 Å². The van der Waals surface area contributed by atoms with Gasteiger partial charge in [-0.3, -0.25) is 9.48 Å². The largest absolute Gasteiger partial charge is 0.386 e. The lowest BCUT2D eigenvalue weighted by Gasteiger charge is -2.39. The highest BCUT2D eigenvalue weighted by Gasteiger charge is 2.34. The SMILES string of the molecule is Cc1cc(N2CCC[C@@](O)(CNC(=O)Cn3cccn3)C2)ncn1. The summed E-state index contributed by atoms with van der Waals surface area (Å²) in [6.45, 7) is 3.55. The van der Waals surface area contributed by atoms with Crippen molar-refractivity contribution in [2.75, 3.05) is 24.5 Å². The van der Waals surface area contributed by atoms with E-state index < -0.39 is 5.60 Å². The maximum Gasteiger partial charge on any atom is 0.241 e. The minimum absolute atomic E-state index is 0.151. The molecule has 1 aliphatic heterocycles. The maximum absolute atomic E-state index is 12.0. The van der Waals surface area contributed by atoms with Crippen LogP contribution in [0.3, 0.4) is 0 Å². The summed E-state index contributed by atoms with van der Waals surface area (Å²) in [6.07, 6.45) is 6.38. The fourth-order valence-corrected chi connectivity index (χ4v) is 2.93. The molecule has 8 nitrogen and oxygen atoms in total. The van der Waals surface area contributed by atoms with Crippen LogP contribution in [-0.2, 0) is 11.3 Å². The molecule has 1 aliphatic rings. The summed E-state index contributed by atoms with van der Waals surface area (Å²) < 4.78 is 1.55. The first kappa shape index (κ1) is 16.4. The van der Waals surface area contributed by atoms with E-state index in [4.69, 9.17) is 0 Å². The zero-order valence-electron chi connectivity index (χ0n) is 13.7. The number of piperidine rings is 1. The van der Waals surface area contributed by atoms with E-state index in [0.717, 1.165) is 24.5 Å². The Bertz CT molecular complexity index is 690. The second-order valence-electron chi connectivity index (χ2n) is 6.25. The lowest BCUT2D eigenvalue weighted by atomic mass is 9.92. The lowest BCUT2D eigenvalue weighted by Crippen LogP contribution is -2.54. The van der Waals surface area contributed by atoms with E-state index in [1.54, 1.807) is 23.1 Å². The molecule has 0 unspecified atom stereocenters. The third-order valence-corrected chi connectivity index (χ3v) is 4.15. The first-order valence-electron chi connectivity index (χ1n) is 8.04.